The van der Waals surface area contributed by atoms with Crippen molar-refractivity contribution in [1.29, 1.82) is 0 Å². The third-order valence-electron chi connectivity index (χ3n) is 4.12. The molecular formula is C16H15N5OS. The quantitative estimate of drug-likeness (QED) is 0.694. The van der Waals surface area contributed by atoms with Gasteiger partial charge in [0.25, 0.3) is 0 Å². The average molecular weight is 325 g/mol. The molecule has 3 heterocycles. The number of benzene rings is 1. The monoisotopic (exact) mass is 325 g/mol. The maximum absolute atomic E-state index is 11.1. The van der Waals surface area contributed by atoms with Crippen molar-refractivity contribution in [3.8, 4) is 22.1 Å². The molecule has 2 aromatic heterocycles. The van der Waals surface area contributed by atoms with Gasteiger partial charge in [-0.05, 0) is 6.92 Å². The highest BCUT2D eigenvalue weighted by atomic mass is 32.1. The van der Waals surface area contributed by atoms with Gasteiger partial charge < -0.3 is 9.47 Å². The Kier molecular flexibility index (Phi) is 3.42. The van der Waals surface area contributed by atoms with E-state index < -0.39 is 0 Å². The van der Waals surface area contributed by atoms with Crippen molar-refractivity contribution in [2.45, 2.75) is 19.5 Å². The van der Waals surface area contributed by atoms with Crippen LogP contribution >= 0.6 is 11.3 Å². The molecule has 0 aliphatic carbocycles. The second-order valence-electron chi connectivity index (χ2n) is 5.46. The van der Waals surface area contributed by atoms with Crippen LogP contribution in [0.15, 0.2) is 35.7 Å². The first-order valence-electron chi connectivity index (χ1n) is 7.43. The van der Waals surface area contributed by atoms with Crippen LogP contribution in [0.5, 0.6) is 0 Å². The van der Waals surface area contributed by atoms with Gasteiger partial charge in [-0.1, -0.05) is 30.3 Å². The first-order chi connectivity index (χ1) is 11.3. The number of carbonyl (C=O) groups excluding carboxylic acids is 1. The van der Waals surface area contributed by atoms with Crippen LogP contribution in [-0.2, 0) is 11.3 Å². The fourth-order valence-electron chi connectivity index (χ4n) is 2.83. The molecule has 1 aromatic carbocycles. The molecular weight excluding hydrogens is 310 g/mol. The number of nitrogens with zero attached hydrogens (tertiary/aromatic N) is 5. The van der Waals surface area contributed by atoms with Crippen molar-refractivity contribution in [3.05, 3.63) is 41.5 Å². The number of thiazole rings is 1. The molecule has 7 heteroatoms. The fraction of sp³-hybridized carbons (Fsp3) is 0.250. The Hall–Kier alpha value is -2.54. The highest BCUT2D eigenvalue weighted by Crippen LogP contribution is 2.31. The molecule has 1 aliphatic heterocycles. The Labute approximate surface area is 137 Å². The number of aromatic nitrogens is 4. The van der Waals surface area contributed by atoms with E-state index in [1.165, 1.54) is 0 Å². The summed E-state index contributed by atoms with van der Waals surface area (Å²) in [5.41, 5.74) is 1.93. The topological polar surface area (TPSA) is 63.9 Å². The van der Waals surface area contributed by atoms with Crippen LogP contribution in [-0.4, -0.2) is 37.6 Å². The zero-order chi connectivity index (χ0) is 15.8. The van der Waals surface area contributed by atoms with E-state index in [-0.39, 0.29) is 6.04 Å². The lowest BCUT2D eigenvalue weighted by Gasteiger charge is -2.30. The van der Waals surface area contributed by atoms with Gasteiger partial charge in [-0.15, -0.1) is 21.5 Å². The summed E-state index contributed by atoms with van der Waals surface area (Å²) in [6.07, 6.45) is 0.874. The second-order valence-corrected chi connectivity index (χ2v) is 6.31. The maximum atomic E-state index is 11.1. The molecule has 1 atom stereocenters. The molecule has 0 fully saturated rings. The summed E-state index contributed by atoms with van der Waals surface area (Å²) >= 11 is 1.60. The number of amides is 1. The molecule has 23 heavy (non-hydrogen) atoms. The van der Waals surface area contributed by atoms with E-state index in [0.29, 0.717) is 13.1 Å². The summed E-state index contributed by atoms with van der Waals surface area (Å²) in [7, 11) is 0. The predicted molar refractivity (Wildman–Crippen MR) is 87.8 cm³/mol. The van der Waals surface area contributed by atoms with Crippen LogP contribution in [0.1, 0.15) is 18.8 Å². The summed E-state index contributed by atoms with van der Waals surface area (Å²) in [6, 6.07) is 10.0. The van der Waals surface area contributed by atoms with Gasteiger partial charge in [-0.25, -0.2) is 4.98 Å². The number of fused-ring (bicyclic) bond motifs is 1. The lowest BCUT2D eigenvalue weighted by Crippen LogP contribution is -2.36. The highest BCUT2D eigenvalue weighted by molar-refractivity contribution is 7.13. The zero-order valence-electron chi connectivity index (χ0n) is 12.6. The van der Waals surface area contributed by atoms with Crippen molar-refractivity contribution < 1.29 is 4.79 Å². The van der Waals surface area contributed by atoms with Crippen LogP contribution in [0.3, 0.4) is 0 Å². The Morgan fingerprint density at radius 2 is 2.04 bits per heavy atom. The Morgan fingerprint density at radius 3 is 2.83 bits per heavy atom. The Balaban J connectivity index is 1.71. The van der Waals surface area contributed by atoms with Crippen LogP contribution in [0, 0.1) is 0 Å². The SMILES string of the molecule is CC1c2nnc(-c3csc(-c4ccccc4)n3)n2CCN1C=O. The summed E-state index contributed by atoms with van der Waals surface area (Å²) in [5, 5.41) is 11.6. The third-order valence-corrected chi connectivity index (χ3v) is 5.01. The first-order valence-corrected chi connectivity index (χ1v) is 8.31. The van der Waals surface area contributed by atoms with Crippen LogP contribution in [0.25, 0.3) is 22.1 Å². The molecule has 0 radical (unpaired) electrons. The summed E-state index contributed by atoms with van der Waals surface area (Å²) in [6.45, 7) is 3.33. The summed E-state index contributed by atoms with van der Waals surface area (Å²) < 4.78 is 2.06. The third kappa shape index (κ3) is 2.33. The van der Waals surface area contributed by atoms with E-state index >= 15 is 0 Å². The van der Waals surface area contributed by atoms with Gasteiger partial charge in [0.15, 0.2) is 11.6 Å². The highest BCUT2D eigenvalue weighted by Gasteiger charge is 2.28. The minimum Gasteiger partial charge on any atom is -0.333 e. The van der Waals surface area contributed by atoms with E-state index in [2.05, 4.69) is 14.8 Å². The number of rotatable bonds is 3. The number of carbonyl (C=O) groups is 1. The van der Waals surface area contributed by atoms with E-state index in [1.807, 2.05) is 42.6 Å². The van der Waals surface area contributed by atoms with Gasteiger partial charge in [0.2, 0.25) is 6.41 Å². The molecule has 1 aliphatic rings. The number of hydrogen-bond acceptors (Lipinski definition) is 5. The van der Waals surface area contributed by atoms with Gasteiger partial charge in [0.05, 0.1) is 6.04 Å². The van der Waals surface area contributed by atoms with Gasteiger partial charge in [0, 0.05) is 24.0 Å². The molecule has 0 saturated heterocycles. The first kappa shape index (κ1) is 14.1. The van der Waals surface area contributed by atoms with E-state index in [9.17, 15) is 4.79 Å². The van der Waals surface area contributed by atoms with Crippen LogP contribution in [0.4, 0.5) is 0 Å². The normalized spacial score (nSPS) is 17.1. The fourth-order valence-corrected chi connectivity index (χ4v) is 3.63. The molecule has 0 bridgehead atoms. The smallest absolute Gasteiger partial charge is 0.210 e. The second kappa shape index (κ2) is 5.58. The van der Waals surface area contributed by atoms with E-state index in [0.717, 1.165) is 34.3 Å². The molecule has 0 spiro atoms. The zero-order valence-corrected chi connectivity index (χ0v) is 13.4. The van der Waals surface area contributed by atoms with Crippen molar-refractivity contribution in [2.75, 3.05) is 6.54 Å². The Bertz CT molecular complexity index is 841. The van der Waals surface area contributed by atoms with E-state index in [1.54, 1.807) is 16.2 Å². The van der Waals surface area contributed by atoms with Crippen molar-refractivity contribution in [2.24, 2.45) is 0 Å². The molecule has 0 N–H and O–H groups in total. The van der Waals surface area contributed by atoms with Gasteiger partial charge in [0.1, 0.15) is 10.7 Å². The van der Waals surface area contributed by atoms with Crippen molar-refractivity contribution in [1.82, 2.24) is 24.6 Å². The maximum Gasteiger partial charge on any atom is 0.210 e. The number of hydrogen-bond donors (Lipinski definition) is 0. The lowest BCUT2D eigenvalue weighted by molar-refractivity contribution is -0.121. The molecule has 3 aromatic rings. The minimum atomic E-state index is -0.0604. The minimum absolute atomic E-state index is 0.0604. The lowest BCUT2D eigenvalue weighted by atomic mass is 10.2. The molecule has 4 rings (SSSR count). The average Bonchev–Trinajstić information content (AvgIpc) is 3.23. The van der Waals surface area contributed by atoms with Crippen LogP contribution in [0.2, 0.25) is 0 Å². The molecule has 116 valence electrons. The molecule has 1 unspecified atom stereocenters. The molecule has 0 saturated carbocycles. The molecule has 6 nitrogen and oxygen atoms in total. The predicted octanol–water partition coefficient (Wildman–Crippen LogP) is 2.60. The largest absolute Gasteiger partial charge is 0.333 e. The summed E-state index contributed by atoms with van der Waals surface area (Å²) in [4.78, 5) is 17.5. The van der Waals surface area contributed by atoms with Crippen molar-refractivity contribution >= 4 is 17.7 Å². The van der Waals surface area contributed by atoms with Gasteiger partial charge >= 0.3 is 0 Å². The standard InChI is InChI=1S/C16H15N5OS/c1-11-14-18-19-15(21(14)8-7-20(11)10-22)13-9-23-16(17-13)12-5-3-2-4-6-12/h2-6,9-11H,7-8H2,1H3. The van der Waals surface area contributed by atoms with Crippen molar-refractivity contribution in [3.63, 3.8) is 0 Å². The van der Waals surface area contributed by atoms with Gasteiger partial charge in [-0.3, -0.25) is 4.79 Å². The van der Waals surface area contributed by atoms with Crippen LogP contribution < -0.4 is 0 Å². The van der Waals surface area contributed by atoms with E-state index in [4.69, 9.17) is 4.98 Å². The summed E-state index contributed by atoms with van der Waals surface area (Å²) in [5.74, 6) is 1.59. The molecule has 1 amide bonds. The Morgan fingerprint density at radius 1 is 1.22 bits per heavy atom. The van der Waals surface area contributed by atoms with Gasteiger partial charge in [-0.2, -0.15) is 0 Å².